The van der Waals surface area contributed by atoms with Crippen molar-refractivity contribution in [1.82, 2.24) is 0 Å². The number of anilines is 1. The highest BCUT2D eigenvalue weighted by Crippen LogP contribution is 2.24. The Morgan fingerprint density at radius 1 is 1.53 bits per heavy atom. The van der Waals surface area contributed by atoms with Crippen LogP contribution in [0.1, 0.15) is 5.56 Å². The molecule has 5 heteroatoms. The van der Waals surface area contributed by atoms with Crippen LogP contribution in [-0.4, -0.2) is 37.5 Å². The van der Waals surface area contributed by atoms with Gasteiger partial charge in [0, 0.05) is 30.9 Å². The van der Waals surface area contributed by atoms with Crippen LogP contribution in [0.25, 0.3) is 0 Å². The molecule has 17 heavy (non-hydrogen) atoms. The SMILES string of the molecule is NCc1c(F)cccc1N1CCOC(CO)C1. The molecule has 1 aromatic carbocycles. The van der Waals surface area contributed by atoms with E-state index in [9.17, 15) is 4.39 Å². The van der Waals surface area contributed by atoms with E-state index in [1.165, 1.54) is 6.07 Å². The second kappa shape index (κ2) is 5.44. The van der Waals surface area contributed by atoms with E-state index in [1.807, 2.05) is 11.0 Å². The number of rotatable bonds is 3. The van der Waals surface area contributed by atoms with Crippen LogP contribution in [0, 0.1) is 5.82 Å². The molecule has 1 aliphatic heterocycles. The lowest BCUT2D eigenvalue weighted by molar-refractivity contribution is 0.00351. The predicted molar refractivity (Wildman–Crippen MR) is 63.3 cm³/mol. The largest absolute Gasteiger partial charge is 0.394 e. The molecule has 1 saturated heterocycles. The Morgan fingerprint density at radius 3 is 3.06 bits per heavy atom. The highest BCUT2D eigenvalue weighted by Gasteiger charge is 2.22. The van der Waals surface area contributed by atoms with E-state index in [1.54, 1.807) is 6.07 Å². The molecule has 0 bridgehead atoms. The third-order valence-corrected chi connectivity index (χ3v) is 2.98. The van der Waals surface area contributed by atoms with Crippen molar-refractivity contribution in [1.29, 1.82) is 0 Å². The van der Waals surface area contributed by atoms with Crippen LogP contribution in [0.15, 0.2) is 18.2 Å². The summed E-state index contributed by atoms with van der Waals surface area (Å²) in [4.78, 5) is 2.01. The average Bonchev–Trinajstić information content (AvgIpc) is 2.38. The number of ether oxygens (including phenoxy) is 1. The molecule has 2 rings (SSSR count). The number of morpholine rings is 1. The van der Waals surface area contributed by atoms with E-state index in [0.717, 1.165) is 5.69 Å². The van der Waals surface area contributed by atoms with Crippen LogP contribution in [0.3, 0.4) is 0 Å². The van der Waals surface area contributed by atoms with Gasteiger partial charge in [-0.25, -0.2) is 4.39 Å². The van der Waals surface area contributed by atoms with Gasteiger partial charge in [-0.2, -0.15) is 0 Å². The first-order chi connectivity index (χ1) is 8.26. The summed E-state index contributed by atoms with van der Waals surface area (Å²) < 4.78 is 19.0. The first kappa shape index (κ1) is 12.3. The minimum atomic E-state index is -0.281. The Hall–Kier alpha value is -1.17. The lowest BCUT2D eigenvalue weighted by atomic mass is 10.1. The van der Waals surface area contributed by atoms with Gasteiger partial charge in [0.05, 0.1) is 19.3 Å². The molecule has 1 atom stereocenters. The number of benzene rings is 1. The molecular formula is C12H17FN2O2. The third kappa shape index (κ3) is 2.57. The van der Waals surface area contributed by atoms with Gasteiger partial charge in [-0.1, -0.05) is 6.07 Å². The fraction of sp³-hybridized carbons (Fsp3) is 0.500. The van der Waals surface area contributed by atoms with Crippen molar-refractivity contribution >= 4 is 5.69 Å². The van der Waals surface area contributed by atoms with Crippen molar-refractivity contribution in [3.05, 3.63) is 29.6 Å². The predicted octanol–water partition coefficient (Wildman–Crippen LogP) is 0.482. The zero-order chi connectivity index (χ0) is 12.3. The Morgan fingerprint density at radius 2 is 2.35 bits per heavy atom. The summed E-state index contributed by atoms with van der Waals surface area (Å²) in [7, 11) is 0. The van der Waals surface area contributed by atoms with E-state index in [2.05, 4.69) is 0 Å². The summed E-state index contributed by atoms with van der Waals surface area (Å²) in [6.07, 6.45) is -0.211. The highest BCUT2D eigenvalue weighted by atomic mass is 19.1. The van der Waals surface area contributed by atoms with Gasteiger partial charge in [-0.3, -0.25) is 0 Å². The van der Waals surface area contributed by atoms with Crippen LogP contribution in [0.4, 0.5) is 10.1 Å². The van der Waals surface area contributed by atoms with Crippen molar-refractivity contribution in [2.24, 2.45) is 5.73 Å². The zero-order valence-corrected chi connectivity index (χ0v) is 9.60. The lowest BCUT2D eigenvalue weighted by Crippen LogP contribution is -2.44. The molecule has 1 aromatic rings. The molecular weight excluding hydrogens is 223 g/mol. The average molecular weight is 240 g/mol. The summed E-state index contributed by atoms with van der Waals surface area (Å²) in [5.74, 6) is -0.281. The van der Waals surface area contributed by atoms with Crippen LogP contribution in [0.2, 0.25) is 0 Å². The number of halogens is 1. The summed E-state index contributed by atoms with van der Waals surface area (Å²) in [5.41, 5.74) is 6.90. The summed E-state index contributed by atoms with van der Waals surface area (Å²) in [5, 5.41) is 9.09. The number of nitrogens with two attached hydrogens (primary N) is 1. The Bertz CT molecular complexity index is 387. The monoisotopic (exact) mass is 240 g/mol. The van der Waals surface area contributed by atoms with Gasteiger partial charge in [-0.15, -0.1) is 0 Å². The second-order valence-corrected chi connectivity index (χ2v) is 4.06. The van der Waals surface area contributed by atoms with E-state index >= 15 is 0 Å². The summed E-state index contributed by atoms with van der Waals surface area (Å²) in [6.45, 7) is 1.93. The Balaban J connectivity index is 2.24. The van der Waals surface area contributed by atoms with Gasteiger partial charge >= 0.3 is 0 Å². The second-order valence-electron chi connectivity index (χ2n) is 4.06. The van der Waals surface area contributed by atoms with Crippen LogP contribution < -0.4 is 10.6 Å². The Labute approximate surface area is 99.8 Å². The van der Waals surface area contributed by atoms with E-state index in [4.69, 9.17) is 15.6 Å². The van der Waals surface area contributed by atoms with Gasteiger partial charge in [0.2, 0.25) is 0 Å². The number of aliphatic hydroxyl groups excluding tert-OH is 1. The zero-order valence-electron chi connectivity index (χ0n) is 9.60. The van der Waals surface area contributed by atoms with E-state index < -0.39 is 0 Å². The smallest absolute Gasteiger partial charge is 0.129 e. The maximum absolute atomic E-state index is 13.6. The normalized spacial score (nSPS) is 20.6. The van der Waals surface area contributed by atoms with Crippen molar-refractivity contribution in [3.63, 3.8) is 0 Å². The molecule has 3 N–H and O–H groups in total. The van der Waals surface area contributed by atoms with Gasteiger partial charge in [0.25, 0.3) is 0 Å². The number of hydrogen-bond acceptors (Lipinski definition) is 4. The number of aliphatic hydroxyl groups is 1. The molecule has 0 saturated carbocycles. The topological polar surface area (TPSA) is 58.7 Å². The van der Waals surface area contributed by atoms with Gasteiger partial charge in [-0.05, 0) is 12.1 Å². The van der Waals surface area contributed by atoms with Gasteiger partial charge in [0.1, 0.15) is 5.82 Å². The number of hydrogen-bond donors (Lipinski definition) is 2. The van der Waals surface area contributed by atoms with Crippen molar-refractivity contribution in [2.45, 2.75) is 12.6 Å². The fourth-order valence-electron chi connectivity index (χ4n) is 2.09. The van der Waals surface area contributed by atoms with Crippen LogP contribution in [-0.2, 0) is 11.3 Å². The molecule has 1 unspecified atom stereocenters. The molecule has 94 valence electrons. The number of nitrogens with zero attached hydrogens (tertiary/aromatic N) is 1. The molecule has 0 aliphatic carbocycles. The molecule has 0 radical (unpaired) electrons. The molecule has 0 amide bonds. The summed E-state index contributed by atoms with van der Waals surface area (Å²) >= 11 is 0. The molecule has 1 fully saturated rings. The van der Waals surface area contributed by atoms with Crippen molar-refractivity contribution in [3.8, 4) is 0 Å². The van der Waals surface area contributed by atoms with Crippen molar-refractivity contribution < 1.29 is 14.2 Å². The minimum Gasteiger partial charge on any atom is -0.394 e. The third-order valence-electron chi connectivity index (χ3n) is 2.98. The maximum Gasteiger partial charge on any atom is 0.129 e. The quantitative estimate of drug-likeness (QED) is 0.807. The van der Waals surface area contributed by atoms with E-state index in [0.29, 0.717) is 25.3 Å². The molecule has 0 aromatic heterocycles. The Kier molecular flexibility index (Phi) is 3.93. The van der Waals surface area contributed by atoms with Crippen molar-refractivity contribution in [2.75, 3.05) is 31.2 Å². The first-order valence-corrected chi connectivity index (χ1v) is 5.71. The maximum atomic E-state index is 13.6. The molecule has 1 aliphatic rings. The standard InChI is InChI=1S/C12H17FN2O2/c13-11-2-1-3-12(10(11)6-14)15-4-5-17-9(7-15)8-16/h1-3,9,16H,4-8,14H2. The first-order valence-electron chi connectivity index (χ1n) is 5.71. The van der Waals surface area contributed by atoms with Gasteiger partial charge < -0.3 is 20.5 Å². The van der Waals surface area contributed by atoms with E-state index in [-0.39, 0.29) is 25.1 Å². The molecule has 0 spiro atoms. The minimum absolute atomic E-state index is 0.0240. The summed E-state index contributed by atoms with van der Waals surface area (Å²) in [6, 6.07) is 4.94. The lowest BCUT2D eigenvalue weighted by Gasteiger charge is -2.34. The molecule has 4 nitrogen and oxygen atoms in total. The van der Waals surface area contributed by atoms with Crippen LogP contribution >= 0.6 is 0 Å². The van der Waals surface area contributed by atoms with Crippen LogP contribution in [0.5, 0.6) is 0 Å². The molecule has 1 heterocycles. The highest BCUT2D eigenvalue weighted by molar-refractivity contribution is 5.54. The fourth-order valence-corrected chi connectivity index (χ4v) is 2.09. The van der Waals surface area contributed by atoms with Gasteiger partial charge in [0.15, 0.2) is 0 Å².